The van der Waals surface area contributed by atoms with Gasteiger partial charge in [0.05, 0.1) is 18.5 Å². The van der Waals surface area contributed by atoms with Crippen LogP contribution in [0.15, 0.2) is 30.7 Å². The first-order valence-corrected chi connectivity index (χ1v) is 6.50. The molecule has 106 valence electrons. The van der Waals surface area contributed by atoms with Crippen molar-refractivity contribution < 1.29 is 9.13 Å². The third-order valence-electron chi connectivity index (χ3n) is 2.77. The molecule has 20 heavy (non-hydrogen) atoms. The average Bonchev–Trinajstić information content (AvgIpc) is 2.47. The van der Waals surface area contributed by atoms with E-state index >= 15 is 0 Å². The summed E-state index contributed by atoms with van der Waals surface area (Å²) in [6, 6.07) is 3.74. The van der Waals surface area contributed by atoms with Crippen molar-refractivity contribution in [2.75, 3.05) is 5.32 Å². The minimum absolute atomic E-state index is 0.131. The minimum atomic E-state index is -0.455. The summed E-state index contributed by atoms with van der Waals surface area (Å²) in [6.45, 7) is 4.58. The number of nitrogens with zero attached hydrogens (tertiary/aromatic N) is 3. The largest absolute Gasteiger partial charge is 0.475 e. The lowest BCUT2D eigenvalue weighted by Crippen LogP contribution is -2.11. The minimum Gasteiger partial charge on any atom is -0.475 e. The first-order chi connectivity index (χ1) is 9.67. The molecule has 0 amide bonds. The third-order valence-corrected chi connectivity index (χ3v) is 2.77. The van der Waals surface area contributed by atoms with Crippen molar-refractivity contribution in [3.05, 3.63) is 42.1 Å². The van der Waals surface area contributed by atoms with Gasteiger partial charge in [-0.15, -0.1) is 0 Å². The van der Waals surface area contributed by atoms with E-state index in [-0.39, 0.29) is 6.10 Å². The van der Waals surface area contributed by atoms with E-state index in [0.29, 0.717) is 18.4 Å². The normalized spacial score (nSPS) is 11.9. The fraction of sp³-hybridized carbons (Fsp3) is 0.357. The van der Waals surface area contributed by atoms with Gasteiger partial charge in [-0.2, -0.15) is 0 Å². The van der Waals surface area contributed by atoms with Crippen LogP contribution >= 0.6 is 0 Å². The molecular weight excluding hydrogens is 259 g/mol. The molecule has 2 aromatic heterocycles. The Morgan fingerprint density at radius 3 is 2.75 bits per heavy atom. The summed E-state index contributed by atoms with van der Waals surface area (Å²) < 4.78 is 18.3. The van der Waals surface area contributed by atoms with Crippen LogP contribution in [-0.2, 0) is 6.54 Å². The van der Waals surface area contributed by atoms with Crippen LogP contribution in [0.4, 0.5) is 10.3 Å². The Balaban J connectivity index is 1.95. The number of hydrogen-bond acceptors (Lipinski definition) is 5. The van der Waals surface area contributed by atoms with Crippen LogP contribution in [0.3, 0.4) is 0 Å². The molecular formula is C14H17FN4O. The van der Waals surface area contributed by atoms with E-state index in [1.165, 1.54) is 0 Å². The van der Waals surface area contributed by atoms with Crippen LogP contribution in [0.2, 0.25) is 0 Å². The molecule has 2 aromatic rings. The van der Waals surface area contributed by atoms with Crippen molar-refractivity contribution in [3.63, 3.8) is 0 Å². The predicted octanol–water partition coefficient (Wildman–Crippen LogP) is 2.80. The van der Waals surface area contributed by atoms with Crippen LogP contribution < -0.4 is 10.1 Å². The number of anilines is 1. The van der Waals surface area contributed by atoms with Crippen molar-refractivity contribution in [2.24, 2.45) is 0 Å². The summed E-state index contributed by atoms with van der Waals surface area (Å²) in [5.41, 5.74) is 0.992. The Kier molecular flexibility index (Phi) is 4.81. The van der Waals surface area contributed by atoms with Gasteiger partial charge in [0.25, 0.3) is 0 Å². The van der Waals surface area contributed by atoms with Crippen molar-refractivity contribution in [3.8, 4) is 5.88 Å². The molecule has 0 aliphatic heterocycles. The quantitative estimate of drug-likeness (QED) is 0.879. The van der Waals surface area contributed by atoms with Gasteiger partial charge in [0.15, 0.2) is 5.82 Å². The third kappa shape index (κ3) is 4.15. The van der Waals surface area contributed by atoms with E-state index in [2.05, 4.69) is 27.2 Å². The standard InChI is InChI=1S/C14H17FN4O/c1-3-10(2)20-13-6-11(4-5-16-13)7-17-14-18-8-12(15)9-19-14/h4-6,8-10H,3,7H2,1-2H3,(H,17,18,19). The number of nitrogens with one attached hydrogen (secondary N) is 1. The van der Waals surface area contributed by atoms with Gasteiger partial charge in [0, 0.05) is 18.8 Å². The van der Waals surface area contributed by atoms with Crippen LogP contribution in [0.25, 0.3) is 0 Å². The maximum atomic E-state index is 12.7. The molecule has 1 atom stereocenters. The molecule has 0 spiro atoms. The smallest absolute Gasteiger partial charge is 0.223 e. The highest BCUT2D eigenvalue weighted by atomic mass is 19.1. The molecule has 0 saturated heterocycles. The molecule has 6 heteroatoms. The molecule has 0 aromatic carbocycles. The molecule has 1 N–H and O–H groups in total. The Morgan fingerprint density at radius 1 is 1.30 bits per heavy atom. The fourth-order valence-electron chi connectivity index (χ4n) is 1.50. The fourth-order valence-corrected chi connectivity index (χ4v) is 1.50. The zero-order valence-electron chi connectivity index (χ0n) is 11.5. The number of hydrogen-bond donors (Lipinski definition) is 1. The Bertz CT molecular complexity index is 547. The lowest BCUT2D eigenvalue weighted by molar-refractivity contribution is 0.208. The van der Waals surface area contributed by atoms with E-state index in [9.17, 15) is 4.39 Å². The molecule has 1 unspecified atom stereocenters. The summed E-state index contributed by atoms with van der Waals surface area (Å²) in [4.78, 5) is 11.8. The van der Waals surface area contributed by atoms with Gasteiger partial charge in [0.1, 0.15) is 0 Å². The molecule has 0 aliphatic carbocycles. The zero-order valence-corrected chi connectivity index (χ0v) is 11.5. The average molecular weight is 276 g/mol. The highest BCUT2D eigenvalue weighted by Gasteiger charge is 2.04. The molecule has 0 aliphatic rings. The van der Waals surface area contributed by atoms with E-state index in [0.717, 1.165) is 24.4 Å². The van der Waals surface area contributed by atoms with Crippen LogP contribution in [0.5, 0.6) is 5.88 Å². The lowest BCUT2D eigenvalue weighted by atomic mass is 10.2. The van der Waals surface area contributed by atoms with Gasteiger partial charge in [-0.3, -0.25) is 0 Å². The number of pyridine rings is 1. The van der Waals surface area contributed by atoms with E-state index in [1.807, 2.05) is 19.1 Å². The zero-order chi connectivity index (χ0) is 14.4. The number of ether oxygens (including phenoxy) is 1. The molecule has 0 bridgehead atoms. The first-order valence-electron chi connectivity index (χ1n) is 6.50. The van der Waals surface area contributed by atoms with Crippen LogP contribution in [-0.4, -0.2) is 21.1 Å². The maximum Gasteiger partial charge on any atom is 0.223 e. The highest BCUT2D eigenvalue weighted by Crippen LogP contribution is 2.13. The van der Waals surface area contributed by atoms with E-state index < -0.39 is 5.82 Å². The predicted molar refractivity (Wildman–Crippen MR) is 73.9 cm³/mol. The van der Waals surface area contributed by atoms with Crippen molar-refractivity contribution in [1.29, 1.82) is 0 Å². The summed E-state index contributed by atoms with van der Waals surface area (Å²) in [5, 5.41) is 3.01. The molecule has 0 radical (unpaired) electrons. The number of halogens is 1. The van der Waals surface area contributed by atoms with Crippen molar-refractivity contribution in [2.45, 2.75) is 32.9 Å². The molecule has 5 nitrogen and oxygen atoms in total. The topological polar surface area (TPSA) is 59.9 Å². The summed E-state index contributed by atoms with van der Waals surface area (Å²) >= 11 is 0. The Hall–Kier alpha value is -2.24. The van der Waals surface area contributed by atoms with Gasteiger partial charge in [-0.1, -0.05) is 6.92 Å². The van der Waals surface area contributed by atoms with Gasteiger partial charge < -0.3 is 10.1 Å². The molecule has 0 saturated carbocycles. The number of rotatable bonds is 6. The lowest BCUT2D eigenvalue weighted by Gasteiger charge is -2.12. The van der Waals surface area contributed by atoms with Gasteiger partial charge >= 0.3 is 0 Å². The van der Waals surface area contributed by atoms with Crippen molar-refractivity contribution in [1.82, 2.24) is 15.0 Å². The van der Waals surface area contributed by atoms with Gasteiger partial charge in [-0.05, 0) is 25.0 Å². The Morgan fingerprint density at radius 2 is 2.05 bits per heavy atom. The molecule has 0 fully saturated rings. The first kappa shape index (κ1) is 14.2. The summed E-state index contributed by atoms with van der Waals surface area (Å²) in [5.74, 6) is 0.523. The second-order valence-electron chi connectivity index (χ2n) is 4.42. The number of aromatic nitrogens is 3. The van der Waals surface area contributed by atoms with E-state index in [1.54, 1.807) is 6.20 Å². The maximum absolute atomic E-state index is 12.7. The van der Waals surface area contributed by atoms with Crippen molar-refractivity contribution >= 4 is 5.95 Å². The van der Waals surface area contributed by atoms with Gasteiger partial charge in [-0.25, -0.2) is 19.3 Å². The van der Waals surface area contributed by atoms with E-state index in [4.69, 9.17) is 4.74 Å². The molecule has 2 rings (SSSR count). The highest BCUT2D eigenvalue weighted by molar-refractivity contribution is 5.28. The monoisotopic (exact) mass is 276 g/mol. The molecule has 2 heterocycles. The SMILES string of the molecule is CCC(C)Oc1cc(CNc2ncc(F)cn2)ccn1. The van der Waals surface area contributed by atoms with Crippen LogP contribution in [0, 0.1) is 5.82 Å². The second kappa shape index (κ2) is 6.79. The Labute approximate surface area is 117 Å². The summed E-state index contributed by atoms with van der Waals surface area (Å²) in [6.07, 6.45) is 5.00. The summed E-state index contributed by atoms with van der Waals surface area (Å²) in [7, 11) is 0. The van der Waals surface area contributed by atoms with Gasteiger partial charge in [0.2, 0.25) is 11.8 Å². The van der Waals surface area contributed by atoms with Crippen LogP contribution in [0.1, 0.15) is 25.8 Å². The second-order valence-corrected chi connectivity index (χ2v) is 4.42.